The summed E-state index contributed by atoms with van der Waals surface area (Å²) in [4.78, 5) is 37.9. The minimum absolute atomic E-state index is 0.310. The van der Waals surface area contributed by atoms with E-state index in [0.717, 1.165) is 16.9 Å². The molecule has 3 rings (SSSR count). The van der Waals surface area contributed by atoms with Crippen LogP contribution in [-0.4, -0.2) is 29.2 Å². The molecule has 1 aliphatic rings. The smallest absolute Gasteiger partial charge is 0.264 e. The summed E-state index contributed by atoms with van der Waals surface area (Å²) in [7, 11) is 0. The van der Waals surface area contributed by atoms with E-state index in [1.807, 2.05) is 19.1 Å². The number of Topliss-reactive ketones (excluding diaryl/α,β-unsaturated/α-hetero) is 1. The van der Waals surface area contributed by atoms with Gasteiger partial charge in [-0.1, -0.05) is 49.4 Å². The van der Waals surface area contributed by atoms with Gasteiger partial charge >= 0.3 is 0 Å². The van der Waals surface area contributed by atoms with E-state index in [4.69, 9.17) is 5.73 Å². The highest BCUT2D eigenvalue weighted by molar-refractivity contribution is 6.12. The maximum Gasteiger partial charge on any atom is 0.264 e. The van der Waals surface area contributed by atoms with Gasteiger partial charge in [-0.25, -0.2) is 0 Å². The van der Waals surface area contributed by atoms with E-state index in [1.165, 1.54) is 0 Å². The lowest BCUT2D eigenvalue weighted by atomic mass is 9.88. The number of carbonyl (C=O) groups excluding carboxylic acids is 3. The van der Waals surface area contributed by atoms with Crippen LogP contribution in [0.1, 0.15) is 34.8 Å². The zero-order valence-corrected chi connectivity index (χ0v) is 14.4. The fourth-order valence-electron chi connectivity index (χ4n) is 3.25. The lowest BCUT2D eigenvalue weighted by Crippen LogP contribution is -2.44. The fraction of sp³-hybridized carbons (Fsp3) is 0.250. The first-order valence-electron chi connectivity index (χ1n) is 8.41. The second kappa shape index (κ2) is 6.72. The zero-order chi connectivity index (χ0) is 18.9. The lowest BCUT2D eigenvalue weighted by molar-refractivity contribution is -0.136. The Kier molecular flexibility index (Phi) is 4.61. The highest BCUT2D eigenvalue weighted by atomic mass is 16.3. The number of hydrogen-bond acceptors (Lipinski definition) is 4. The van der Waals surface area contributed by atoms with Crippen LogP contribution in [0.2, 0.25) is 0 Å². The molecule has 2 amide bonds. The van der Waals surface area contributed by atoms with Crippen molar-refractivity contribution < 1.29 is 19.5 Å². The monoisotopic (exact) mass is 352 g/mol. The molecule has 134 valence electrons. The molecule has 0 aliphatic carbocycles. The van der Waals surface area contributed by atoms with Gasteiger partial charge in [-0.3, -0.25) is 19.3 Å². The minimum atomic E-state index is -2.01. The molecular weight excluding hydrogens is 332 g/mol. The first kappa shape index (κ1) is 17.8. The molecule has 0 saturated heterocycles. The Labute approximate surface area is 151 Å². The second-order valence-electron chi connectivity index (χ2n) is 6.39. The predicted octanol–water partition coefficient (Wildman–Crippen LogP) is 1.54. The third kappa shape index (κ3) is 2.99. The number of fused-ring (bicyclic) bond motifs is 1. The molecule has 0 radical (unpaired) electrons. The molecule has 1 atom stereocenters. The number of primary amides is 1. The third-order valence-electron chi connectivity index (χ3n) is 4.65. The van der Waals surface area contributed by atoms with Gasteiger partial charge in [-0.2, -0.15) is 0 Å². The summed E-state index contributed by atoms with van der Waals surface area (Å²) < 4.78 is 0. The molecule has 0 spiro atoms. The first-order valence-corrected chi connectivity index (χ1v) is 8.41. The van der Waals surface area contributed by atoms with Crippen LogP contribution in [0.4, 0.5) is 5.69 Å². The van der Waals surface area contributed by atoms with E-state index in [0.29, 0.717) is 16.8 Å². The number of nitrogens with zero attached hydrogens (tertiary/aromatic N) is 1. The Hall–Kier alpha value is -2.99. The molecule has 3 N–H and O–H groups in total. The molecule has 0 saturated carbocycles. The minimum Gasteiger partial charge on any atom is -0.375 e. The molecule has 0 fully saturated rings. The van der Waals surface area contributed by atoms with E-state index in [1.54, 1.807) is 36.4 Å². The number of rotatable bonds is 6. The molecule has 6 nitrogen and oxygen atoms in total. The fourth-order valence-corrected chi connectivity index (χ4v) is 3.25. The number of benzene rings is 2. The van der Waals surface area contributed by atoms with Gasteiger partial charge in [-0.15, -0.1) is 0 Å². The van der Waals surface area contributed by atoms with Gasteiger partial charge in [0.25, 0.3) is 5.91 Å². The first-order chi connectivity index (χ1) is 12.4. The summed E-state index contributed by atoms with van der Waals surface area (Å²) >= 11 is 0. The lowest BCUT2D eigenvalue weighted by Gasteiger charge is -2.22. The predicted molar refractivity (Wildman–Crippen MR) is 96.7 cm³/mol. The summed E-state index contributed by atoms with van der Waals surface area (Å²) in [6.07, 6.45) is 0.454. The van der Waals surface area contributed by atoms with Gasteiger partial charge in [0, 0.05) is 11.1 Å². The van der Waals surface area contributed by atoms with Crippen LogP contribution in [0.5, 0.6) is 0 Å². The summed E-state index contributed by atoms with van der Waals surface area (Å²) in [6, 6.07) is 13.6. The number of ketones is 1. The van der Waals surface area contributed by atoms with Crippen molar-refractivity contribution in [2.24, 2.45) is 5.73 Å². The van der Waals surface area contributed by atoms with Crippen LogP contribution in [0, 0.1) is 0 Å². The maximum absolute atomic E-state index is 12.8. The van der Waals surface area contributed by atoms with E-state index >= 15 is 0 Å². The van der Waals surface area contributed by atoms with Crippen molar-refractivity contribution >= 4 is 23.3 Å². The van der Waals surface area contributed by atoms with Crippen molar-refractivity contribution in [1.82, 2.24) is 0 Å². The van der Waals surface area contributed by atoms with E-state index in [9.17, 15) is 19.5 Å². The second-order valence-corrected chi connectivity index (χ2v) is 6.39. The number of aliphatic hydroxyl groups is 1. The summed E-state index contributed by atoms with van der Waals surface area (Å²) in [5.41, 5.74) is 5.44. The topological polar surface area (TPSA) is 101 Å². The molecular formula is C20H20N2O4. The highest BCUT2D eigenvalue weighted by Gasteiger charge is 2.51. The van der Waals surface area contributed by atoms with E-state index < -0.39 is 23.8 Å². The number of nitrogens with two attached hydrogens (primary N) is 1. The van der Waals surface area contributed by atoms with Crippen LogP contribution in [0.25, 0.3) is 0 Å². The van der Waals surface area contributed by atoms with Gasteiger partial charge in [0.15, 0.2) is 11.4 Å². The summed E-state index contributed by atoms with van der Waals surface area (Å²) in [5.74, 6) is -1.76. The third-order valence-corrected chi connectivity index (χ3v) is 4.65. The van der Waals surface area contributed by atoms with Gasteiger partial charge in [0.2, 0.25) is 5.91 Å². The van der Waals surface area contributed by atoms with Crippen LogP contribution >= 0.6 is 0 Å². The van der Waals surface area contributed by atoms with Crippen molar-refractivity contribution in [2.75, 3.05) is 11.4 Å². The normalized spacial score (nSPS) is 18.7. The molecule has 0 aromatic heterocycles. The molecule has 6 heteroatoms. The van der Waals surface area contributed by atoms with Crippen molar-refractivity contribution in [2.45, 2.75) is 25.4 Å². The highest BCUT2D eigenvalue weighted by Crippen LogP contribution is 2.42. The standard InChI is InChI=1S/C20H20N2O4/c1-2-13-7-9-14(10-8-13)17(23)11-20(26)15-5-3-4-6-16(15)22(19(20)25)12-18(21)24/h3-10,26H,2,11-12H2,1H3,(H2,21,24)/t20-/m0/s1. The van der Waals surface area contributed by atoms with Crippen LogP contribution in [-0.2, 0) is 21.6 Å². The van der Waals surface area contributed by atoms with Crippen molar-refractivity contribution in [1.29, 1.82) is 0 Å². The largest absolute Gasteiger partial charge is 0.375 e. The number of amides is 2. The van der Waals surface area contributed by atoms with E-state index in [-0.39, 0.29) is 12.3 Å². The quantitative estimate of drug-likeness (QED) is 0.770. The Bertz CT molecular complexity index is 876. The van der Waals surface area contributed by atoms with Gasteiger partial charge in [0.05, 0.1) is 12.1 Å². The molecule has 2 aromatic carbocycles. The average molecular weight is 352 g/mol. The number of hydrogen-bond donors (Lipinski definition) is 2. The number of para-hydroxylation sites is 1. The number of aryl methyl sites for hydroxylation is 1. The molecule has 26 heavy (non-hydrogen) atoms. The molecule has 2 aromatic rings. The molecule has 0 bridgehead atoms. The van der Waals surface area contributed by atoms with Crippen LogP contribution < -0.4 is 10.6 Å². The zero-order valence-electron chi connectivity index (χ0n) is 14.4. The summed E-state index contributed by atoms with van der Waals surface area (Å²) in [6.45, 7) is 1.67. The van der Waals surface area contributed by atoms with E-state index in [2.05, 4.69) is 0 Å². The maximum atomic E-state index is 12.8. The molecule has 1 heterocycles. The summed E-state index contributed by atoms with van der Waals surface area (Å²) in [5, 5.41) is 11.1. The van der Waals surface area contributed by atoms with Gasteiger partial charge < -0.3 is 10.8 Å². The van der Waals surface area contributed by atoms with Crippen molar-refractivity contribution in [3.8, 4) is 0 Å². The Morgan fingerprint density at radius 2 is 1.77 bits per heavy atom. The van der Waals surface area contributed by atoms with Crippen LogP contribution in [0.3, 0.4) is 0 Å². The number of anilines is 1. The Morgan fingerprint density at radius 3 is 2.38 bits per heavy atom. The van der Waals surface area contributed by atoms with Gasteiger partial charge in [-0.05, 0) is 18.1 Å². The van der Waals surface area contributed by atoms with Crippen molar-refractivity contribution in [3.05, 3.63) is 65.2 Å². The van der Waals surface area contributed by atoms with Crippen LogP contribution in [0.15, 0.2) is 48.5 Å². The molecule has 0 unspecified atom stereocenters. The average Bonchev–Trinajstić information content (AvgIpc) is 2.84. The molecule has 1 aliphatic heterocycles. The number of carbonyl (C=O) groups is 3. The Balaban J connectivity index is 1.93. The Morgan fingerprint density at radius 1 is 1.12 bits per heavy atom. The SMILES string of the molecule is CCc1ccc(C(=O)C[C@@]2(O)C(=O)N(CC(N)=O)c3ccccc32)cc1. The van der Waals surface area contributed by atoms with Crippen molar-refractivity contribution in [3.63, 3.8) is 0 Å². The van der Waals surface area contributed by atoms with Gasteiger partial charge in [0.1, 0.15) is 6.54 Å².